The lowest BCUT2D eigenvalue weighted by Crippen LogP contribution is -2.33. The molecule has 0 spiro atoms. The van der Waals surface area contributed by atoms with Gasteiger partial charge in [0, 0.05) is 54.1 Å². The summed E-state index contributed by atoms with van der Waals surface area (Å²) in [6, 6.07) is 23.3. The van der Waals surface area contributed by atoms with Crippen LogP contribution in [0.5, 0.6) is 0 Å². The van der Waals surface area contributed by atoms with E-state index in [1.54, 1.807) is 0 Å². The molecule has 32 heavy (non-hydrogen) atoms. The van der Waals surface area contributed by atoms with Crippen LogP contribution in [0, 0.1) is 0 Å². The van der Waals surface area contributed by atoms with Gasteiger partial charge in [0.1, 0.15) is 6.54 Å². The number of nitrogens with zero attached hydrogens (tertiary/aromatic N) is 3. The number of rotatable bonds is 9. The van der Waals surface area contributed by atoms with Gasteiger partial charge in [-0.2, -0.15) is 0 Å². The number of para-hydroxylation sites is 1. The molecule has 6 nitrogen and oxygen atoms in total. The predicted octanol–water partition coefficient (Wildman–Crippen LogP) is 2.51. The minimum Gasteiger partial charge on any atom is -0.392 e. The number of benzene rings is 1. The molecule has 0 saturated carbocycles. The monoisotopic (exact) mass is 447 g/mol. The number of aryl methyl sites for hydroxylation is 2. The zero-order valence-corrected chi connectivity index (χ0v) is 19.4. The summed E-state index contributed by atoms with van der Waals surface area (Å²) in [7, 11) is -2.92. The maximum atomic E-state index is 8.90. The van der Waals surface area contributed by atoms with Gasteiger partial charge in [-0.15, -0.1) is 0 Å². The second-order valence-corrected chi connectivity index (χ2v) is 8.55. The van der Waals surface area contributed by atoms with E-state index >= 15 is 0 Å². The maximum absolute atomic E-state index is 8.90. The molecule has 2 N–H and O–H groups in total. The van der Waals surface area contributed by atoms with Crippen LogP contribution in [0.15, 0.2) is 91.5 Å². The average molecular weight is 448 g/mol. The molecule has 0 unspecified atom stereocenters. The molecule has 7 heteroatoms. The molecule has 3 aromatic heterocycles. The Bertz CT molecular complexity index is 1130. The van der Waals surface area contributed by atoms with Crippen LogP contribution in [0.2, 0.25) is 0 Å². The van der Waals surface area contributed by atoms with Crippen LogP contribution in [0.25, 0.3) is 28.2 Å². The van der Waals surface area contributed by atoms with Gasteiger partial charge in [-0.3, -0.25) is 0 Å². The second-order valence-electron chi connectivity index (χ2n) is 7.57. The highest BCUT2D eigenvalue weighted by atomic mass is 28.3. The summed E-state index contributed by atoms with van der Waals surface area (Å²) in [5.41, 5.74) is 5.70. The second kappa shape index (κ2) is 10.5. The normalized spacial score (nSPS) is 11.2. The highest BCUT2D eigenvalue weighted by molar-refractivity contribution is 6.32. The fourth-order valence-electron chi connectivity index (χ4n) is 3.79. The van der Waals surface area contributed by atoms with Crippen molar-refractivity contribution in [1.29, 1.82) is 0 Å². The Kier molecular flexibility index (Phi) is 7.23. The van der Waals surface area contributed by atoms with Crippen molar-refractivity contribution in [2.45, 2.75) is 26.4 Å². The first kappa shape index (κ1) is 22.1. The van der Waals surface area contributed by atoms with Crippen molar-refractivity contribution in [3.63, 3.8) is 0 Å². The summed E-state index contributed by atoms with van der Waals surface area (Å²) in [6.07, 6.45) is 9.06. The van der Waals surface area contributed by atoms with Crippen LogP contribution in [0.3, 0.4) is 0 Å². The van der Waals surface area contributed by atoms with E-state index in [0.717, 1.165) is 42.1 Å². The van der Waals surface area contributed by atoms with Gasteiger partial charge in [-0.1, -0.05) is 18.2 Å². The molecule has 0 saturated heterocycles. The molecule has 4 aromatic rings. The van der Waals surface area contributed by atoms with E-state index < -0.39 is 9.53 Å². The smallest absolute Gasteiger partial charge is 0.392 e. The molecule has 0 bridgehead atoms. The summed E-state index contributed by atoms with van der Waals surface area (Å²) < 4.78 is 11.4. The highest BCUT2D eigenvalue weighted by Gasteiger charge is 2.15. The molecule has 0 radical (unpaired) electrons. The van der Waals surface area contributed by atoms with Gasteiger partial charge in [0.25, 0.3) is 0 Å². The van der Waals surface area contributed by atoms with E-state index in [-0.39, 0.29) is 0 Å². The van der Waals surface area contributed by atoms with Gasteiger partial charge in [-0.25, -0.2) is 9.13 Å². The molecule has 0 atom stereocenters. The largest absolute Gasteiger partial charge is 0.478 e. The summed E-state index contributed by atoms with van der Waals surface area (Å²) in [4.78, 5) is 17.8. The Balaban J connectivity index is 1.64. The zero-order chi connectivity index (χ0) is 22.3. The summed E-state index contributed by atoms with van der Waals surface area (Å²) in [5, 5.41) is 0. The van der Waals surface area contributed by atoms with Crippen LogP contribution >= 0.6 is 0 Å². The van der Waals surface area contributed by atoms with E-state index in [0.29, 0.717) is 6.61 Å². The van der Waals surface area contributed by atoms with Gasteiger partial charge in [0.2, 0.25) is 0 Å². The van der Waals surface area contributed by atoms with E-state index in [9.17, 15) is 0 Å². The Morgan fingerprint density at radius 2 is 1.34 bits per heavy atom. The molecule has 0 aliphatic rings. The van der Waals surface area contributed by atoms with Gasteiger partial charge >= 0.3 is 9.53 Å². The molecule has 0 fully saturated rings. The van der Waals surface area contributed by atoms with E-state index in [4.69, 9.17) is 14.0 Å². The average Bonchev–Trinajstić information content (AvgIpc) is 3.28. The summed E-state index contributed by atoms with van der Waals surface area (Å²) >= 11 is 0. The topological polar surface area (TPSA) is 62.4 Å². The summed E-state index contributed by atoms with van der Waals surface area (Å²) in [6.45, 7) is 4.20. The first-order valence-electron chi connectivity index (χ1n) is 10.9. The molecule has 3 heterocycles. The lowest BCUT2D eigenvalue weighted by molar-refractivity contribution is -0.697. The van der Waals surface area contributed by atoms with Crippen molar-refractivity contribution >= 4 is 9.53 Å². The van der Waals surface area contributed by atoms with Crippen LogP contribution in [-0.2, 0) is 17.5 Å². The van der Waals surface area contributed by atoms with Crippen LogP contribution in [0.1, 0.15) is 13.3 Å². The number of hydrogen-bond donors (Lipinski definition) is 2. The lowest BCUT2D eigenvalue weighted by Gasteiger charge is -2.14. The number of hydrogen-bond acceptors (Lipinski definition) is 3. The number of pyridine rings is 2. The van der Waals surface area contributed by atoms with E-state index in [1.807, 2.05) is 6.07 Å². The molecule has 0 aliphatic carbocycles. The third-order valence-electron chi connectivity index (χ3n) is 5.46. The van der Waals surface area contributed by atoms with Crippen LogP contribution in [0.4, 0.5) is 0 Å². The van der Waals surface area contributed by atoms with Crippen molar-refractivity contribution in [2.75, 3.05) is 6.61 Å². The molecular formula is C25H29N3O3Si+2. The summed E-state index contributed by atoms with van der Waals surface area (Å²) in [5.74, 6) is 0. The third kappa shape index (κ3) is 5.20. The molecule has 4 rings (SSSR count). The van der Waals surface area contributed by atoms with Gasteiger partial charge in [0.15, 0.2) is 31.3 Å². The van der Waals surface area contributed by atoms with Gasteiger partial charge < -0.3 is 18.6 Å². The number of aromatic nitrogens is 3. The molecule has 0 aliphatic heterocycles. The van der Waals surface area contributed by atoms with Crippen molar-refractivity contribution in [1.82, 2.24) is 4.57 Å². The molecule has 0 amide bonds. The molecule has 1 aromatic carbocycles. The first-order chi connectivity index (χ1) is 15.7. The van der Waals surface area contributed by atoms with Gasteiger partial charge in [0.05, 0.1) is 11.4 Å². The quantitative estimate of drug-likeness (QED) is 0.235. The third-order valence-corrected chi connectivity index (χ3v) is 6.00. The lowest BCUT2D eigenvalue weighted by atomic mass is 10.2. The van der Waals surface area contributed by atoms with Crippen LogP contribution in [-0.4, -0.2) is 30.3 Å². The SMILES string of the molecule is CC[n+]1ccc(-c2ccc(-c3cc[n+](CCCO[SiH](O)O)cc3)n2-c2ccccc2)cc1. The van der Waals surface area contributed by atoms with Crippen molar-refractivity contribution in [3.05, 3.63) is 91.5 Å². The van der Waals surface area contributed by atoms with Crippen molar-refractivity contribution < 1.29 is 23.2 Å². The minimum absolute atomic E-state index is 0.355. The molecule has 164 valence electrons. The first-order valence-corrected chi connectivity index (χ1v) is 12.4. The zero-order valence-electron chi connectivity index (χ0n) is 18.2. The minimum atomic E-state index is -2.92. The maximum Gasteiger partial charge on any atom is 0.478 e. The van der Waals surface area contributed by atoms with Gasteiger partial charge in [-0.05, 0) is 31.2 Å². The van der Waals surface area contributed by atoms with E-state index in [1.165, 1.54) is 5.56 Å². The Labute approximate surface area is 190 Å². The Morgan fingerprint density at radius 1 is 0.781 bits per heavy atom. The van der Waals surface area contributed by atoms with E-state index in [2.05, 4.69) is 106 Å². The predicted molar refractivity (Wildman–Crippen MR) is 125 cm³/mol. The Morgan fingerprint density at radius 3 is 1.88 bits per heavy atom. The van der Waals surface area contributed by atoms with Crippen molar-refractivity contribution in [2.24, 2.45) is 0 Å². The molecular weight excluding hydrogens is 418 g/mol. The Hall–Kier alpha value is -3.10. The van der Waals surface area contributed by atoms with Crippen LogP contribution < -0.4 is 9.13 Å². The highest BCUT2D eigenvalue weighted by Crippen LogP contribution is 2.31. The fraction of sp³-hybridized carbons (Fsp3) is 0.200. The standard InChI is InChI=1S/C25H29N3O3Si/c1-2-26-16-11-21(12-17-26)24-9-10-25(28(24)23-7-4-3-5-8-23)22-13-18-27(19-14-22)15-6-20-31-32(29)30/h3-5,7-14,16-19,29-30,32H,2,6,15,20H2,1H3/q+2. The fourth-order valence-corrected chi connectivity index (χ4v) is 4.17. The van der Waals surface area contributed by atoms with Crippen molar-refractivity contribution in [3.8, 4) is 28.2 Å².